The van der Waals surface area contributed by atoms with Crippen LogP contribution in [-0.4, -0.2) is 18.2 Å². The molecule has 0 saturated heterocycles. The summed E-state index contributed by atoms with van der Waals surface area (Å²) in [6, 6.07) is 14.1. The monoisotopic (exact) mass is 353 g/mol. The molecule has 2 aromatic carbocycles. The molecule has 3 rings (SSSR count). The number of hydrogen-bond acceptors (Lipinski definition) is 2. The van der Waals surface area contributed by atoms with Gasteiger partial charge in [0.15, 0.2) is 0 Å². The Morgan fingerprint density at radius 3 is 2.65 bits per heavy atom. The smallest absolute Gasteiger partial charge is 0.134 e. The van der Waals surface area contributed by atoms with Crippen molar-refractivity contribution in [2.75, 3.05) is 13.1 Å². The SMILES string of the molecule is Br.Oc1cc2c(cc1Cl)CCNCC2c1ccccc1. The summed E-state index contributed by atoms with van der Waals surface area (Å²) in [5.74, 6) is 0.435. The van der Waals surface area contributed by atoms with E-state index in [9.17, 15) is 5.11 Å². The third-order valence-electron chi connectivity index (χ3n) is 3.71. The van der Waals surface area contributed by atoms with Gasteiger partial charge in [0.05, 0.1) is 5.02 Å². The van der Waals surface area contributed by atoms with Crippen LogP contribution in [0.4, 0.5) is 0 Å². The van der Waals surface area contributed by atoms with Crippen LogP contribution < -0.4 is 5.32 Å². The fourth-order valence-electron chi connectivity index (χ4n) is 2.72. The highest BCUT2D eigenvalue weighted by atomic mass is 79.9. The average Bonchev–Trinajstić information content (AvgIpc) is 2.63. The van der Waals surface area contributed by atoms with Crippen molar-refractivity contribution in [2.24, 2.45) is 0 Å². The van der Waals surface area contributed by atoms with E-state index in [-0.39, 0.29) is 28.6 Å². The predicted molar refractivity (Wildman–Crippen MR) is 88.3 cm³/mol. The molecule has 2 N–H and O–H groups in total. The standard InChI is InChI=1S/C16H16ClNO.BrH/c17-15-8-12-6-7-18-10-14(13(12)9-16(15)19)11-4-2-1-3-5-11;/h1-5,8-9,14,18-19H,6-7,10H2;1H. The van der Waals surface area contributed by atoms with Gasteiger partial charge in [-0.25, -0.2) is 0 Å². The van der Waals surface area contributed by atoms with E-state index in [2.05, 4.69) is 29.6 Å². The van der Waals surface area contributed by atoms with Crippen molar-refractivity contribution in [1.82, 2.24) is 5.32 Å². The largest absolute Gasteiger partial charge is 0.506 e. The molecular weight excluding hydrogens is 338 g/mol. The van der Waals surface area contributed by atoms with Gasteiger partial charge < -0.3 is 10.4 Å². The minimum Gasteiger partial charge on any atom is -0.506 e. The number of aromatic hydroxyl groups is 1. The molecule has 1 aliphatic rings. The quantitative estimate of drug-likeness (QED) is 0.814. The summed E-state index contributed by atoms with van der Waals surface area (Å²) in [6.07, 6.45) is 0.943. The second kappa shape index (κ2) is 6.61. The lowest BCUT2D eigenvalue weighted by atomic mass is 9.88. The predicted octanol–water partition coefficient (Wildman–Crippen LogP) is 3.90. The maximum atomic E-state index is 9.88. The number of fused-ring (bicyclic) bond motifs is 1. The van der Waals surface area contributed by atoms with Gasteiger partial charge in [-0.05, 0) is 41.8 Å². The Balaban J connectivity index is 0.00000147. The molecule has 1 heterocycles. The number of rotatable bonds is 1. The molecule has 0 amide bonds. The van der Waals surface area contributed by atoms with Crippen LogP contribution in [0.5, 0.6) is 5.75 Å². The Morgan fingerprint density at radius 2 is 1.90 bits per heavy atom. The molecule has 2 aromatic rings. The fraction of sp³-hybridized carbons (Fsp3) is 0.250. The Bertz CT molecular complexity index is 589. The minimum absolute atomic E-state index is 0. The molecule has 1 atom stereocenters. The highest BCUT2D eigenvalue weighted by molar-refractivity contribution is 8.93. The van der Waals surface area contributed by atoms with Gasteiger partial charge in [0.25, 0.3) is 0 Å². The lowest BCUT2D eigenvalue weighted by molar-refractivity contribution is 0.474. The van der Waals surface area contributed by atoms with Gasteiger partial charge in [0, 0.05) is 12.5 Å². The first-order valence-corrected chi connectivity index (χ1v) is 6.90. The van der Waals surface area contributed by atoms with Crippen molar-refractivity contribution >= 4 is 28.6 Å². The molecular formula is C16H17BrClNO. The first kappa shape index (κ1) is 15.4. The van der Waals surface area contributed by atoms with Gasteiger partial charge >= 0.3 is 0 Å². The molecule has 0 saturated carbocycles. The summed E-state index contributed by atoms with van der Waals surface area (Å²) in [7, 11) is 0. The summed E-state index contributed by atoms with van der Waals surface area (Å²) < 4.78 is 0. The van der Waals surface area contributed by atoms with Crippen molar-refractivity contribution < 1.29 is 5.11 Å². The maximum absolute atomic E-state index is 9.88. The molecule has 0 spiro atoms. The Hall–Kier alpha value is -1.03. The second-order valence-corrected chi connectivity index (χ2v) is 5.33. The number of hydrogen-bond donors (Lipinski definition) is 2. The third kappa shape index (κ3) is 3.00. The Labute approximate surface area is 134 Å². The van der Waals surface area contributed by atoms with Crippen LogP contribution in [-0.2, 0) is 6.42 Å². The lowest BCUT2D eigenvalue weighted by Gasteiger charge is -2.19. The molecule has 0 radical (unpaired) electrons. The molecule has 1 unspecified atom stereocenters. The molecule has 0 fully saturated rings. The van der Waals surface area contributed by atoms with Gasteiger partial charge in [-0.15, -0.1) is 17.0 Å². The van der Waals surface area contributed by atoms with Crippen molar-refractivity contribution in [3.05, 3.63) is 64.2 Å². The average molecular weight is 355 g/mol. The third-order valence-corrected chi connectivity index (χ3v) is 4.01. The van der Waals surface area contributed by atoms with Crippen molar-refractivity contribution in [2.45, 2.75) is 12.3 Å². The highest BCUT2D eigenvalue weighted by Gasteiger charge is 2.21. The zero-order valence-electron chi connectivity index (χ0n) is 11.0. The van der Waals surface area contributed by atoms with E-state index in [1.807, 2.05) is 18.2 Å². The molecule has 106 valence electrons. The van der Waals surface area contributed by atoms with Gasteiger partial charge in [-0.2, -0.15) is 0 Å². The van der Waals surface area contributed by atoms with E-state index in [0.29, 0.717) is 5.02 Å². The number of phenols is 1. The zero-order valence-corrected chi connectivity index (χ0v) is 13.4. The van der Waals surface area contributed by atoms with Crippen molar-refractivity contribution in [3.63, 3.8) is 0 Å². The summed E-state index contributed by atoms with van der Waals surface area (Å²) in [4.78, 5) is 0. The van der Waals surface area contributed by atoms with E-state index in [1.54, 1.807) is 0 Å². The van der Waals surface area contributed by atoms with Crippen LogP contribution in [0, 0.1) is 0 Å². The molecule has 1 aliphatic heterocycles. The van der Waals surface area contributed by atoms with E-state index < -0.39 is 0 Å². The number of nitrogens with one attached hydrogen (secondary N) is 1. The van der Waals surface area contributed by atoms with Crippen LogP contribution in [0.25, 0.3) is 0 Å². The summed E-state index contributed by atoms with van der Waals surface area (Å²) >= 11 is 6.02. The van der Waals surface area contributed by atoms with E-state index in [1.165, 1.54) is 16.7 Å². The maximum Gasteiger partial charge on any atom is 0.134 e. The number of halogens is 2. The Kier molecular flexibility index (Phi) is 5.08. The number of phenolic OH excluding ortho intramolecular Hbond substituents is 1. The Morgan fingerprint density at radius 1 is 1.15 bits per heavy atom. The first-order valence-electron chi connectivity index (χ1n) is 6.52. The van der Waals surface area contributed by atoms with Crippen molar-refractivity contribution in [3.8, 4) is 5.75 Å². The highest BCUT2D eigenvalue weighted by Crippen LogP contribution is 2.35. The van der Waals surface area contributed by atoms with Gasteiger partial charge in [-0.1, -0.05) is 41.9 Å². The van der Waals surface area contributed by atoms with E-state index in [0.717, 1.165) is 19.5 Å². The van der Waals surface area contributed by atoms with Crippen LogP contribution in [0.3, 0.4) is 0 Å². The molecule has 4 heteroatoms. The fourth-order valence-corrected chi connectivity index (χ4v) is 2.91. The first-order chi connectivity index (χ1) is 9.25. The molecule has 0 aliphatic carbocycles. The van der Waals surface area contributed by atoms with Gasteiger partial charge in [0.1, 0.15) is 5.75 Å². The van der Waals surface area contributed by atoms with Crippen LogP contribution in [0.15, 0.2) is 42.5 Å². The van der Waals surface area contributed by atoms with E-state index >= 15 is 0 Å². The summed E-state index contributed by atoms with van der Waals surface area (Å²) in [5, 5.41) is 13.8. The topological polar surface area (TPSA) is 32.3 Å². The van der Waals surface area contributed by atoms with Crippen LogP contribution >= 0.6 is 28.6 Å². The minimum atomic E-state index is 0. The molecule has 0 bridgehead atoms. The van der Waals surface area contributed by atoms with E-state index in [4.69, 9.17) is 11.6 Å². The molecule has 2 nitrogen and oxygen atoms in total. The summed E-state index contributed by atoms with van der Waals surface area (Å²) in [6.45, 7) is 1.83. The van der Waals surface area contributed by atoms with Gasteiger partial charge in [0.2, 0.25) is 0 Å². The second-order valence-electron chi connectivity index (χ2n) is 4.92. The molecule has 20 heavy (non-hydrogen) atoms. The summed E-state index contributed by atoms with van der Waals surface area (Å²) in [5.41, 5.74) is 3.67. The number of benzene rings is 2. The zero-order chi connectivity index (χ0) is 13.2. The molecule has 0 aromatic heterocycles. The normalized spacial score (nSPS) is 17.8. The van der Waals surface area contributed by atoms with Crippen LogP contribution in [0.2, 0.25) is 5.02 Å². The van der Waals surface area contributed by atoms with Gasteiger partial charge in [-0.3, -0.25) is 0 Å². The van der Waals surface area contributed by atoms with Crippen LogP contribution in [0.1, 0.15) is 22.6 Å². The lowest BCUT2D eigenvalue weighted by Crippen LogP contribution is -2.20. The van der Waals surface area contributed by atoms with Crippen molar-refractivity contribution in [1.29, 1.82) is 0 Å².